The van der Waals surface area contributed by atoms with Gasteiger partial charge in [0.05, 0.1) is 6.04 Å². The summed E-state index contributed by atoms with van der Waals surface area (Å²) in [7, 11) is 0. The van der Waals surface area contributed by atoms with E-state index in [9.17, 15) is 9.18 Å². The summed E-state index contributed by atoms with van der Waals surface area (Å²) in [5.74, 6) is 0.713. The maximum absolute atomic E-state index is 12.9. The van der Waals surface area contributed by atoms with E-state index in [0.29, 0.717) is 30.3 Å². The van der Waals surface area contributed by atoms with Crippen LogP contribution in [0.1, 0.15) is 28.9 Å². The van der Waals surface area contributed by atoms with Crippen LogP contribution in [0.2, 0.25) is 0 Å². The zero-order valence-electron chi connectivity index (χ0n) is 12.4. The maximum atomic E-state index is 12.9. The van der Waals surface area contributed by atoms with Gasteiger partial charge < -0.3 is 14.8 Å². The Morgan fingerprint density at radius 1 is 1.17 bits per heavy atom. The second-order valence-electron chi connectivity index (χ2n) is 5.22. The first-order valence-electron chi connectivity index (χ1n) is 7.20. The van der Waals surface area contributed by atoms with Crippen LogP contribution in [0.15, 0.2) is 40.9 Å². The van der Waals surface area contributed by atoms with Crippen LogP contribution in [0.4, 0.5) is 4.39 Å². The number of hydrogen-bond acceptors (Lipinski definition) is 3. The lowest BCUT2D eigenvalue weighted by molar-refractivity contribution is 0.0939. The largest absolute Gasteiger partial charge is 0.486 e. The Bertz CT molecular complexity index is 733. The fourth-order valence-electron chi connectivity index (χ4n) is 2.37. The zero-order valence-corrected chi connectivity index (χ0v) is 14.0. The molecule has 0 aliphatic carbocycles. The third kappa shape index (κ3) is 3.47. The van der Waals surface area contributed by atoms with Gasteiger partial charge in [0.2, 0.25) is 0 Å². The number of amides is 1. The van der Waals surface area contributed by atoms with Gasteiger partial charge in [-0.2, -0.15) is 0 Å². The predicted octanol–water partition coefficient (Wildman–Crippen LogP) is 3.85. The highest BCUT2D eigenvalue weighted by molar-refractivity contribution is 9.10. The first kappa shape index (κ1) is 15.8. The van der Waals surface area contributed by atoms with E-state index in [2.05, 4.69) is 21.2 Å². The van der Waals surface area contributed by atoms with Crippen molar-refractivity contribution in [3.63, 3.8) is 0 Å². The number of ether oxygens (including phenoxy) is 2. The summed E-state index contributed by atoms with van der Waals surface area (Å²) in [6.07, 6.45) is 0. The molecule has 3 rings (SSSR count). The van der Waals surface area contributed by atoms with Crippen molar-refractivity contribution in [1.29, 1.82) is 0 Å². The molecule has 1 amide bonds. The third-order valence-corrected chi connectivity index (χ3v) is 4.27. The van der Waals surface area contributed by atoms with Gasteiger partial charge in [-0.1, -0.05) is 15.9 Å². The Morgan fingerprint density at radius 3 is 2.43 bits per heavy atom. The van der Waals surface area contributed by atoms with Crippen molar-refractivity contribution in [2.45, 2.75) is 13.0 Å². The fourth-order valence-corrected chi connectivity index (χ4v) is 3.04. The topological polar surface area (TPSA) is 47.6 Å². The summed E-state index contributed by atoms with van der Waals surface area (Å²) in [5.41, 5.74) is 1.29. The van der Waals surface area contributed by atoms with E-state index in [1.807, 2.05) is 19.1 Å². The van der Waals surface area contributed by atoms with E-state index in [0.717, 1.165) is 10.0 Å². The highest BCUT2D eigenvalue weighted by atomic mass is 79.9. The molecule has 0 saturated carbocycles. The molecule has 4 nitrogen and oxygen atoms in total. The number of hydrogen-bond donors (Lipinski definition) is 1. The lowest BCUT2D eigenvalue weighted by Crippen LogP contribution is -2.27. The van der Waals surface area contributed by atoms with Gasteiger partial charge in [-0.05, 0) is 48.9 Å². The zero-order chi connectivity index (χ0) is 16.4. The molecule has 2 aromatic rings. The SMILES string of the molecule is CC(NC(=O)c1ccc(F)cc1)c1cc2c(cc1Br)OCCO2. The highest BCUT2D eigenvalue weighted by Gasteiger charge is 2.19. The molecule has 0 radical (unpaired) electrons. The summed E-state index contributed by atoms with van der Waals surface area (Å²) >= 11 is 3.50. The van der Waals surface area contributed by atoms with Crippen molar-refractivity contribution >= 4 is 21.8 Å². The molecule has 6 heteroatoms. The van der Waals surface area contributed by atoms with Crippen LogP contribution in [0.3, 0.4) is 0 Å². The van der Waals surface area contributed by atoms with Crippen molar-refractivity contribution < 1.29 is 18.7 Å². The van der Waals surface area contributed by atoms with Crippen LogP contribution in [-0.2, 0) is 0 Å². The second-order valence-corrected chi connectivity index (χ2v) is 6.07. The smallest absolute Gasteiger partial charge is 0.251 e. The molecule has 2 aromatic carbocycles. The summed E-state index contributed by atoms with van der Waals surface area (Å²) in [5, 5.41) is 2.89. The minimum absolute atomic E-state index is 0.252. The summed E-state index contributed by atoms with van der Waals surface area (Å²) in [4.78, 5) is 12.2. The van der Waals surface area contributed by atoms with Crippen LogP contribution in [-0.4, -0.2) is 19.1 Å². The van der Waals surface area contributed by atoms with Crippen molar-refractivity contribution in [2.75, 3.05) is 13.2 Å². The van der Waals surface area contributed by atoms with Gasteiger partial charge in [0.1, 0.15) is 19.0 Å². The molecule has 0 aromatic heterocycles. The van der Waals surface area contributed by atoms with E-state index in [-0.39, 0.29) is 17.8 Å². The lowest BCUT2D eigenvalue weighted by Gasteiger charge is -2.22. The number of carbonyl (C=O) groups excluding carboxylic acids is 1. The Labute approximate surface area is 141 Å². The third-order valence-electron chi connectivity index (χ3n) is 3.58. The van der Waals surface area contributed by atoms with E-state index >= 15 is 0 Å². The molecule has 0 bridgehead atoms. The van der Waals surface area contributed by atoms with E-state index in [1.165, 1.54) is 24.3 Å². The normalized spacial score (nSPS) is 14.2. The Kier molecular flexibility index (Phi) is 4.52. The van der Waals surface area contributed by atoms with E-state index in [1.54, 1.807) is 0 Å². The van der Waals surface area contributed by atoms with Crippen LogP contribution in [0, 0.1) is 5.82 Å². The van der Waals surface area contributed by atoms with Crippen molar-refractivity contribution in [3.8, 4) is 11.5 Å². The minimum Gasteiger partial charge on any atom is -0.486 e. The number of halogens is 2. The number of carbonyl (C=O) groups is 1. The molecule has 23 heavy (non-hydrogen) atoms. The van der Waals surface area contributed by atoms with Crippen LogP contribution in [0.5, 0.6) is 11.5 Å². The van der Waals surface area contributed by atoms with Gasteiger partial charge in [-0.3, -0.25) is 4.79 Å². The van der Waals surface area contributed by atoms with Gasteiger partial charge in [0.25, 0.3) is 5.91 Å². The first-order chi connectivity index (χ1) is 11.0. The molecule has 1 aliphatic rings. The van der Waals surface area contributed by atoms with Gasteiger partial charge in [-0.25, -0.2) is 4.39 Å². The maximum Gasteiger partial charge on any atom is 0.251 e. The molecule has 1 heterocycles. The number of nitrogens with one attached hydrogen (secondary N) is 1. The second kappa shape index (κ2) is 6.58. The predicted molar refractivity (Wildman–Crippen MR) is 87.4 cm³/mol. The average molecular weight is 380 g/mol. The Morgan fingerprint density at radius 2 is 1.78 bits per heavy atom. The van der Waals surface area contributed by atoms with Crippen LogP contribution >= 0.6 is 15.9 Å². The van der Waals surface area contributed by atoms with Gasteiger partial charge in [0, 0.05) is 10.0 Å². The van der Waals surface area contributed by atoms with Gasteiger partial charge in [-0.15, -0.1) is 0 Å². The van der Waals surface area contributed by atoms with Crippen molar-refractivity contribution in [2.24, 2.45) is 0 Å². The highest BCUT2D eigenvalue weighted by Crippen LogP contribution is 2.37. The Hall–Kier alpha value is -2.08. The molecular formula is C17H15BrFNO3. The fraction of sp³-hybridized carbons (Fsp3) is 0.235. The Balaban J connectivity index is 1.79. The average Bonchev–Trinajstić information content (AvgIpc) is 2.54. The minimum atomic E-state index is -0.371. The van der Waals surface area contributed by atoms with Crippen molar-refractivity contribution in [1.82, 2.24) is 5.32 Å². The number of rotatable bonds is 3. The van der Waals surface area contributed by atoms with Gasteiger partial charge >= 0.3 is 0 Å². The quantitative estimate of drug-likeness (QED) is 0.880. The molecule has 1 N–H and O–H groups in total. The standard InChI is InChI=1S/C17H15BrFNO3/c1-10(20-17(21)11-2-4-12(19)5-3-11)13-8-15-16(9-14(13)18)23-7-6-22-15/h2-5,8-10H,6-7H2,1H3,(H,20,21). The lowest BCUT2D eigenvalue weighted by atomic mass is 10.1. The summed E-state index contributed by atoms with van der Waals surface area (Å²) in [6.45, 7) is 2.90. The molecule has 1 unspecified atom stereocenters. The molecular weight excluding hydrogens is 365 g/mol. The van der Waals surface area contributed by atoms with Crippen LogP contribution < -0.4 is 14.8 Å². The molecule has 1 aliphatic heterocycles. The summed E-state index contributed by atoms with van der Waals surface area (Å²) < 4.78 is 24.8. The molecule has 120 valence electrons. The van der Waals surface area contributed by atoms with E-state index in [4.69, 9.17) is 9.47 Å². The molecule has 0 saturated heterocycles. The first-order valence-corrected chi connectivity index (χ1v) is 7.99. The number of fused-ring (bicyclic) bond motifs is 1. The molecule has 1 atom stereocenters. The van der Waals surface area contributed by atoms with Crippen molar-refractivity contribution in [3.05, 3.63) is 57.8 Å². The van der Waals surface area contributed by atoms with Crippen LogP contribution in [0.25, 0.3) is 0 Å². The monoisotopic (exact) mass is 379 g/mol. The van der Waals surface area contributed by atoms with Gasteiger partial charge in [0.15, 0.2) is 11.5 Å². The molecule has 0 fully saturated rings. The summed E-state index contributed by atoms with van der Waals surface area (Å²) in [6, 6.07) is 8.88. The number of benzene rings is 2. The molecule has 0 spiro atoms. The van der Waals surface area contributed by atoms with E-state index < -0.39 is 0 Å².